The zero-order valence-electron chi connectivity index (χ0n) is 14.0. The highest BCUT2D eigenvalue weighted by molar-refractivity contribution is 5.63. The van der Waals surface area contributed by atoms with E-state index >= 15 is 0 Å². The minimum absolute atomic E-state index is 0.380. The van der Waals surface area contributed by atoms with E-state index in [4.69, 9.17) is 9.73 Å². The lowest BCUT2D eigenvalue weighted by Crippen LogP contribution is -2.37. The van der Waals surface area contributed by atoms with Crippen molar-refractivity contribution in [2.75, 3.05) is 19.8 Å². The molecule has 0 amide bonds. The lowest BCUT2D eigenvalue weighted by molar-refractivity contribution is 0.151. The summed E-state index contributed by atoms with van der Waals surface area (Å²) in [5.74, 6) is 4.44. The molecule has 0 aromatic carbocycles. The predicted octanol–water partition coefficient (Wildman–Crippen LogP) is 3.27. The summed E-state index contributed by atoms with van der Waals surface area (Å²) in [6, 6.07) is 0. The number of ether oxygens (including phenoxy) is 1. The van der Waals surface area contributed by atoms with Gasteiger partial charge in [0.2, 0.25) is 0 Å². The molecule has 0 spiro atoms. The number of allylic oxidation sites excluding steroid dienone is 2. The summed E-state index contributed by atoms with van der Waals surface area (Å²) in [7, 11) is 0. The Balaban J connectivity index is 1.51. The fourth-order valence-corrected chi connectivity index (χ4v) is 5.58. The van der Waals surface area contributed by atoms with Crippen molar-refractivity contribution < 1.29 is 4.74 Å². The first-order valence-corrected chi connectivity index (χ1v) is 9.25. The molecule has 0 aromatic rings. The highest BCUT2D eigenvalue weighted by Crippen LogP contribution is 2.44. The molecule has 3 heterocycles. The zero-order chi connectivity index (χ0) is 15.1. The highest BCUT2D eigenvalue weighted by Gasteiger charge is 2.45. The monoisotopic (exact) mass is 302 g/mol. The Bertz CT molecular complexity index is 466. The minimum Gasteiger partial charge on any atom is -0.381 e. The number of hydrogen-bond donors (Lipinski definition) is 1. The van der Waals surface area contributed by atoms with Crippen molar-refractivity contribution in [2.24, 2.45) is 40.5 Å². The van der Waals surface area contributed by atoms with Crippen molar-refractivity contribution in [3.8, 4) is 0 Å². The average molecular weight is 302 g/mol. The normalized spacial score (nSPS) is 48.3. The topological polar surface area (TPSA) is 33.6 Å². The van der Waals surface area contributed by atoms with Gasteiger partial charge in [0, 0.05) is 31.9 Å². The van der Waals surface area contributed by atoms with Gasteiger partial charge in [-0.25, -0.2) is 0 Å². The Hall–Kier alpha value is -0.670. The Morgan fingerprint density at radius 3 is 2.95 bits per heavy atom. The van der Waals surface area contributed by atoms with Crippen molar-refractivity contribution in [3.63, 3.8) is 0 Å². The van der Waals surface area contributed by atoms with E-state index in [9.17, 15) is 0 Å². The SMILES string of the molecule is CC1=CCCC(C)C1C1C=NC2NCC(C3CCOC3)C2C1. The molecule has 7 unspecified atom stereocenters. The molecular formula is C19H30N2O. The van der Waals surface area contributed by atoms with Crippen LogP contribution in [-0.2, 0) is 4.74 Å². The summed E-state index contributed by atoms with van der Waals surface area (Å²) in [4.78, 5) is 4.93. The molecule has 0 bridgehead atoms. The molecule has 3 aliphatic heterocycles. The third-order valence-electron chi connectivity index (χ3n) is 6.76. The van der Waals surface area contributed by atoms with Crippen molar-refractivity contribution in [3.05, 3.63) is 11.6 Å². The highest BCUT2D eigenvalue weighted by atomic mass is 16.5. The van der Waals surface area contributed by atoms with Crippen LogP contribution in [0.25, 0.3) is 0 Å². The van der Waals surface area contributed by atoms with Crippen LogP contribution in [0.4, 0.5) is 0 Å². The second-order valence-electron chi connectivity index (χ2n) is 8.03. The van der Waals surface area contributed by atoms with Gasteiger partial charge in [-0.15, -0.1) is 0 Å². The van der Waals surface area contributed by atoms with Crippen LogP contribution in [0.3, 0.4) is 0 Å². The number of fused-ring (bicyclic) bond motifs is 1. The van der Waals surface area contributed by atoms with Crippen molar-refractivity contribution in [1.82, 2.24) is 5.32 Å². The van der Waals surface area contributed by atoms with Crippen LogP contribution in [0.15, 0.2) is 16.6 Å². The van der Waals surface area contributed by atoms with Crippen LogP contribution in [0.2, 0.25) is 0 Å². The summed E-state index contributed by atoms with van der Waals surface area (Å²) in [5, 5.41) is 3.66. The predicted molar refractivity (Wildman–Crippen MR) is 89.9 cm³/mol. The first-order valence-electron chi connectivity index (χ1n) is 9.25. The van der Waals surface area contributed by atoms with Crippen LogP contribution < -0.4 is 5.32 Å². The molecule has 3 heteroatoms. The number of aliphatic imine (C=N–C) groups is 1. The van der Waals surface area contributed by atoms with Crippen LogP contribution >= 0.6 is 0 Å². The Kier molecular flexibility index (Phi) is 4.12. The van der Waals surface area contributed by atoms with Crippen molar-refractivity contribution in [2.45, 2.75) is 45.7 Å². The average Bonchev–Trinajstić information content (AvgIpc) is 3.15. The van der Waals surface area contributed by atoms with E-state index in [-0.39, 0.29) is 0 Å². The van der Waals surface area contributed by atoms with Crippen LogP contribution in [-0.4, -0.2) is 32.1 Å². The second-order valence-corrected chi connectivity index (χ2v) is 8.03. The fraction of sp³-hybridized carbons (Fsp3) is 0.842. The lowest BCUT2D eigenvalue weighted by Gasteiger charge is -2.39. The van der Waals surface area contributed by atoms with Crippen LogP contribution in [0, 0.1) is 35.5 Å². The zero-order valence-corrected chi connectivity index (χ0v) is 14.0. The molecule has 22 heavy (non-hydrogen) atoms. The maximum atomic E-state index is 5.65. The molecule has 3 nitrogen and oxygen atoms in total. The second kappa shape index (κ2) is 6.09. The van der Waals surface area contributed by atoms with Gasteiger partial charge >= 0.3 is 0 Å². The minimum atomic E-state index is 0.380. The number of hydrogen-bond acceptors (Lipinski definition) is 3. The maximum Gasteiger partial charge on any atom is 0.102 e. The largest absolute Gasteiger partial charge is 0.381 e. The quantitative estimate of drug-likeness (QED) is 0.794. The van der Waals surface area contributed by atoms with E-state index in [0.29, 0.717) is 12.1 Å². The van der Waals surface area contributed by atoms with Crippen molar-refractivity contribution >= 4 is 6.21 Å². The first-order chi connectivity index (χ1) is 10.7. The van der Waals surface area contributed by atoms with Gasteiger partial charge in [-0.1, -0.05) is 18.6 Å². The Morgan fingerprint density at radius 1 is 1.27 bits per heavy atom. The third-order valence-corrected chi connectivity index (χ3v) is 6.76. The molecule has 4 rings (SSSR count). The smallest absolute Gasteiger partial charge is 0.102 e. The van der Waals surface area contributed by atoms with Gasteiger partial charge in [-0.05, 0) is 62.2 Å². The summed E-state index contributed by atoms with van der Waals surface area (Å²) in [5.41, 5.74) is 1.61. The standard InChI is InChI=1S/C19H30N2O/c1-12-4-3-5-13(2)18(12)15-8-16-17(14-6-7-22-11-14)10-21-19(16)20-9-15/h4,9,13-19,21H,3,5-8,10-11H2,1-2H3. The molecule has 1 N–H and O–H groups in total. The maximum absolute atomic E-state index is 5.65. The lowest BCUT2D eigenvalue weighted by atomic mass is 9.67. The summed E-state index contributed by atoms with van der Waals surface area (Å²) in [6.07, 6.45) is 10.3. The van der Waals surface area contributed by atoms with Crippen molar-refractivity contribution in [1.29, 1.82) is 0 Å². The van der Waals surface area contributed by atoms with E-state index in [1.165, 1.54) is 25.7 Å². The van der Waals surface area contributed by atoms with E-state index in [1.54, 1.807) is 5.57 Å². The Labute approximate surface area is 134 Å². The number of nitrogens with zero attached hydrogens (tertiary/aromatic N) is 1. The van der Waals surface area contributed by atoms with E-state index in [0.717, 1.165) is 49.3 Å². The van der Waals surface area contributed by atoms with E-state index < -0.39 is 0 Å². The Morgan fingerprint density at radius 2 is 2.18 bits per heavy atom. The summed E-state index contributed by atoms with van der Waals surface area (Å²) in [6.45, 7) is 7.86. The molecule has 2 saturated heterocycles. The van der Waals surface area contributed by atoms with Gasteiger partial charge in [0.15, 0.2) is 0 Å². The van der Waals surface area contributed by atoms with Gasteiger partial charge < -0.3 is 4.74 Å². The number of rotatable bonds is 2. The molecule has 122 valence electrons. The molecule has 0 aromatic heterocycles. The van der Waals surface area contributed by atoms with Gasteiger partial charge in [0.25, 0.3) is 0 Å². The van der Waals surface area contributed by atoms with E-state index in [1.807, 2.05) is 0 Å². The molecule has 7 atom stereocenters. The van der Waals surface area contributed by atoms with Gasteiger partial charge in [-0.2, -0.15) is 0 Å². The molecule has 4 aliphatic rings. The van der Waals surface area contributed by atoms with Gasteiger partial charge in [-0.3, -0.25) is 10.3 Å². The third kappa shape index (κ3) is 2.56. The van der Waals surface area contributed by atoms with Crippen LogP contribution in [0.1, 0.15) is 39.5 Å². The fourth-order valence-electron chi connectivity index (χ4n) is 5.58. The molecule has 1 aliphatic carbocycles. The molecule has 0 saturated carbocycles. The molecule has 0 radical (unpaired) electrons. The number of nitrogens with one attached hydrogen (secondary N) is 1. The van der Waals surface area contributed by atoms with E-state index in [2.05, 4.69) is 31.5 Å². The molecule has 2 fully saturated rings. The van der Waals surface area contributed by atoms with Gasteiger partial charge in [0.05, 0.1) is 0 Å². The molecular weight excluding hydrogens is 272 g/mol. The van der Waals surface area contributed by atoms with Crippen LogP contribution in [0.5, 0.6) is 0 Å². The summed E-state index contributed by atoms with van der Waals surface area (Å²) >= 11 is 0. The van der Waals surface area contributed by atoms with Gasteiger partial charge in [0.1, 0.15) is 6.17 Å². The first kappa shape index (κ1) is 14.9. The summed E-state index contributed by atoms with van der Waals surface area (Å²) < 4.78 is 5.65.